The van der Waals surface area contributed by atoms with Crippen molar-refractivity contribution in [1.29, 1.82) is 0 Å². The Morgan fingerprint density at radius 1 is 1.25 bits per heavy atom. The summed E-state index contributed by atoms with van der Waals surface area (Å²) in [6, 6.07) is 8.92. The van der Waals surface area contributed by atoms with E-state index in [1.807, 2.05) is 6.20 Å². The highest BCUT2D eigenvalue weighted by Gasteiger charge is 2.13. The van der Waals surface area contributed by atoms with E-state index in [-0.39, 0.29) is 0 Å². The Morgan fingerprint density at radius 3 is 3.12 bits per heavy atom. The van der Waals surface area contributed by atoms with Crippen LogP contribution in [0.5, 0.6) is 0 Å². The predicted octanol–water partition coefficient (Wildman–Crippen LogP) is 2.71. The number of H-pyrrole nitrogens is 1. The Labute approximate surface area is 96.1 Å². The Kier molecular flexibility index (Phi) is 2.66. The van der Waals surface area contributed by atoms with Crippen molar-refractivity contribution in [3.63, 3.8) is 0 Å². The molecule has 1 saturated heterocycles. The SMILES string of the molecule is c1cc2cc(CC3CCCNC3)ccc2[nH]1. The molecule has 1 fully saturated rings. The van der Waals surface area contributed by atoms with Crippen molar-refractivity contribution in [2.24, 2.45) is 5.92 Å². The van der Waals surface area contributed by atoms with Gasteiger partial charge in [-0.25, -0.2) is 0 Å². The predicted molar refractivity (Wildman–Crippen MR) is 67.6 cm³/mol. The fraction of sp³-hybridized carbons (Fsp3) is 0.429. The number of nitrogens with one attached hydrogen (secondary N) is 2. The first-order valence-corrected chi connectivity index (χ1v) is 6.18. The molecule has 1 unspecified atom stereocenters. The molecule has 1 aliphatic heterocycles. The molecule has 2 heteroatoms. The summed E-state index contributed by atoms with van der Waals surface area (Å²) in [5.74, 6) is 0.824. The van der Waals surface area contributed by atoms with Gasteiger partial charge in [0.1, 0.15) is 0 Å². The first kappa shape index (κ1) is 9.91. The quantitative estimate of drug-likeness (QED) is 0.790. The standard InChI is InChI=1S/C14H18N2/c1-2-12(10-15-6-1)8-11-3-4-14-13(9-11)5-7-16-14/h3-5,7,9,12,15-16H,1-2,6,8,10H2. The minimum absolute atomic E-state index is 0.824. The van der Waals surface area contributed by atoms with E-state index < -0.39 is 0 Å². The molecule has 0 saturated carbocycles. The molecular weight excluding hydrogens is 196 g/mol. The van der Waals surface area contributed by atoms with E-state index in [0.29, 0.717) is 0 Å². The van der Waals surface area contributed by atoms with E-state index in [9.17, 15) is 0 Å². The number of rotatable bonds is 2. The molecule has 0 bridgehead atoms. The van der Waals surface area contributed by atoms with Gasteiger partial charge in [0.25, 0.3) is 0 Å². The van der Waals surface area contributed by atoms with E-state index >= 15 is 0 Å². The second-order valence-corrected chi connectivity index (χ2v) is 4.82. The van der Waals surface area contributed by atoms with Crippen LogP contribution in [0, 0.1) is 5.92 Å². The average Bonchev–Trinajstić information content (AvgIpc) is 2.77. The molecule has 1 atom stereocenters. The largest absolute Gasteiger partial charge is 0.361 e. The lowest BCUT2D eigenvalue weighted by atomic mass is 9.92. The summed E-state index contributed by atoms with van der Waals surface area (Å²) in [7, 11) is 0. The number of aromatic nitrogens is 1. The van der Waals surface area contributed by atoms with Gasteiger partial charge in [-0.3, -0.25) is 0 Å². The summed E-state index contributed by atoms with van der Waals surface area (Å²) < 4.78 is 0. The van der Waals surface area contributed by atoms with E-state index in [2.05, 4.69) is 34.6 Å². The summed E-state index contributed by atoms with van der Waals surface area (Å²) >= 11 is 0. The van der Waals surface area contributed by atoms with Crippen molar-refractivity contribution in [3.8, 4) is 0 Å². The molecule has 2 aromatic rings. The van der Waals surface area contributed by atoms with Crippen LogP contribution >= 0.6 is 0 Å². The van der Waals surface area contributed by atoms with Crippen LogP contribution in [0.4, 0.5) is 0 Å². The molecule has 0 radical (unpaired) electrons. The van der Waals surface area contributed by atoms with Crippen LogP contribution < -0.4 is 5.32 Å². The van der Waals surface area contributed by atoms with Crippen LogP contribution in [0.2, 0.25) is 0 Å². The van der Waals surface area contributed by atoms with Crippen molar-refractivity contribution in [2.75, 3.05) is 13.1 Å². The van der Waals surface area contributed by atoms with Gasteiger partial charge in [0.05, 0.1) is 0 Å². The maximum absolute atomic E-state index is 3.48. The zero-order chi connectivity index (χ0) is 10.8. The van der Waals surface area contributed by atoms with Gasteiger partial charge in [-0.15, -0.1) is 0 Å². The molecule has 3 rings (SSSR count). The molecular formula is C14H18N2. The Balaban J connectivity index is 1.77. The summed E-state index contributed by atoms with van der Waals surface area (Å²) in [5, 5.41) is 4.82. The first-order valence-electron chi connectivity index (χ1n) is 6.18. The molecule has 0 spiro atoms. The van der Waals surface area contributed by atoms with E-state index in [4.69, 9.17) is 0 Å². The topological polar surface area (TPSA) is 27.8 Å². The Bertz CT molecular complexity index is 466. The van der Waals surface area contributed by atoms with Gasteiger partial charge in [-0.05, 0) is 67.4 Å². The zero-order valence-corrected chi connectivity index (χ0v) is 9.50. The lowest BCUT2D eigenvalue weighted by Crippen LogP contribution is -2.30. The molecule has 1 aliphatic rings. The van der Waals surface area contributed by atoms with Gasteiger partial charge in [0.15, 0.2) is 0 Å². The van der Waals surface area contributed by atoms with Crippen LogP contribution in [0.15, 0.2) is 30.5 Å². The van der Waals surface area contributed by atoms with Crippen LogP contribution in [0.3, 0.4) is 0 Å². The lowest BCUT2D eigenvalue weighted by Gasteiger charge is -2.22. The van der Waals surface area contributed by atoms with E-state index in [0.717, 1.165) is 5.92 Å². The molecule has 1 aromatic heterocycles. The number of piperidine rings is 1. The summed E-state index contributed by atoms with van der Waals surface area (Å²) in [5.41, 5.74) is 2.71. The number of fused-ring (bicyclic) bond motifs is 1. The molecule has 0 aliphatic carbocycles. The van der Waals surface area contributed by atoms with Crippen molar-refractivity contribution in [3.05, 3.63) is 36.0 Å². The lowest BCUT2D eigenvalue weighted by molar-refractivity contribution is 0.376. The molecule has 16 heavy (non-hydrogen) atoms. The molecule has 2 nitrogen and oxygen atoms in total. The van der Waals surface area contributed by atoms with Crippen molar-refractivity contribution in [1.82, 2.24) is 10.3 Å². The van der Waals surface area contributed by atoms with Crippen molar-refractivity contribution >= 4 is 10.9 Å². The van der Waals surface area contributed by atoms with Crippen LogP contribution in [-0.4, -0.2) is 18.1 Å². The first-order chi connectivity index (χ1) is 7.92. The maximum atomic E-state index is 3.48. The van der Waals surface area contributed by atoms with Gasteiger partial charge >= 0.3 is 0 Å². The van der Waals surface area contributed by atoms with Gasteiger partial charge in [0.2, 0.25) is 0 Å². The second kappa shape index (κ2) is 4.30. The normalized spacial score (nSPS) is 21.4. The van der Waals surface area contributed by atoms with Crippen molar-refractivity contribution < 1.29 is 0 Å². The molecule has 0 amide bonds. The third-order valence-electron chi connectivity index (χ3n) is 3.54. The average molecular weight is 214 g/mol. The maximum Gasteiger partial charge on any atom is 0.0454 e. The monoisotopic (exact) mass is 214 g/mol. The number of benzene rings is 1. The summed E-state index contributed by atoms with van der Waals surface area (Å²) in [4.78, 5) is 3.24. The Morgan fingerprint density at radius 2 is 2.25 bits per heavy atom. The third kappa shape index (κ3) is 1.98. The van der Waals surface area contributed by atoms with Crippen molar-refractivity contribution in [2.45, 2.75) is 19.3 Å². The number of hydrogen-bond acceptors (Lipinski definition) is 1. The second-order valence-electron chi connectivity index (χ2n) is 4.82. The minimum atomic E-state index is 0.824. The highest BCUT2D eigenvalue weighted by molar-refractivity contribution is 5.79. The van der Waals surface area contributed by atoms with Gasteiger partial charge < -0.3 is 10.3 Å². The highest BCUT2D eigenvalue weighted by Crippen LogP contribution is 2.20. The third-order valence-corrected chi connectivity index (χ3v) is 3.54. The summed E-state index contributed by atoms with van der Waals surface area (Å²) in [6.45, 7) is 2.39. The van der Waals surface area contributed by atoms with E-state index in [1.54, 1.807) is 0 Å². The fourth-order valence-electron chi connectivity index (χ4n) is 2.66. The van der Waals surface area contributed by atoms with Gasteiger partial charge in [-0.2, -0.15) is 0 Å². The molecule has 2 N–H and O–H groups in total. The molecule has 2 heterocycles. The minimum Gasteiger partial charge on any atom is -0.361 e. The van der Waals surface area contributed by atoms with Gasteiger partial charge in [0, 0.05) is 11.7 Å². The van der Waals surface area contributed by atoms with Crippen LogP contribution in [0.1, 0.15) is 18.4 Å². The van der Waals surface area contributed by atoms with Crippen LogP contribution in [-0.2, 0) is 6.42 Å². The number of aromatic amines is 1. The zero-order valence-electron chi connectivity index (χ0n) is 9.50. The fourth-order valence-corrected chi connectivity index (χ4v) is 2.66. The highest BCUT2D eigenvalue weighted by atomic mass is 14.9. The molecule has 1 aromatic carbocycles. The van der Waals surface area contributed by atoms with Crippen LogP contribution in [0.25, 0.3) is 10.9 Å². The summed E-state index contributed by atoms with van der Waals surface area (Å²) in [6.07, 6.45) is 5.93. The smallest absolute Gasteiger partial charge is 0.0454 e. The van der Waals surface area contributed by atoms with Gasteiger partial charge in [-0.1, -0.05) is 6.07 Å². The van der Waals surface area contributed by atoms with E-state index in [1.165, 1.54) is 48.8 Å². The number of hydrogen-bond donors (Lipinski definition) is 2. The Hall–Kier alpha value is -1.28. The molecule has 84 valence electrons.